The van der Waals surface area contributed by atoms with Crippen molar-refractivity contribution < 1.29 is 40.4 Å². The van der Waals surface area contributed by atoms with Crippen molar-refractivity contribution in [2.45, 2.75) is 69.8 Å². The first-order valence-electron chi connectivity index (χ1n) is 9.09. The van der Waals surface area contributed by atoms with Crippen molar-refractivity contribution in [3.63, 3.8) is 0 Å². The number of ether oxygens (including phenoxy) is 2. The minimum atomic E-state index is -5.81. The molecule has 0 bridgehead atoms. The first kappa shape index (κ1) is 24.4. The number of rotatable bonds is 4. The molecule has 29 heavy (non-hydrogen) atoms. The van der Waals surface area contributed by atoms with E-state index in [0.29, 0.717) is 10.6 Å². The van der Waals surface area contributed by atoms with Crippen LogP contribution < -0.4 is 0 Å². The number of aliphatic hydroxyl groups is 1. The van der Waals surface area contributed by atoms with Crippen LogP contribution in [0.25, 0.3) is 0 Å². The van der Waals surface area contributed by atoms with Crippen LogP contribution in [-0.4, -0.2) is 43.1 Å². The fraction of sp³-hybridized carbons (Fsp3) is 0.667. The monoisotopic (exact) mass is 460 g/mol. The molecule has 1 saturated heterocycles. The standard InChI is InChI=1S/C16H18ClF3O6S.C2H6/c1-15(2)24-13-10(12(21)8-3-5-9(17)6-4-8)7-11(14(13)25-15)26-27(22,23)16(18,19)20;1-2/h3-6,10-14,21H,7H2,1-2H3;1-2H3. The molecule has 0 radical (unpaired) electrons. The Morgan fingerprint density at radius 1 is 1.17 bits per heavy atom. The molecule has 1 aliphatic heterocycles. The number of hydrogen-bond donors (Lipinski definition) is 1. The molecule has 1 aromatic rings. The van der Waals surface area contributed by atoms with Crippen LogP contribution in [0.4, 0.5) is 13.2 Å². The van der Waals surface area contributed by atoms with Crippen LogP contribution in [0.1, 0.15) is 45.8 Å². The van der Waals surface area contributed by atoms with E-state index in [0.717, 1.165) is 0 Å². The zero-order chi connectivity index (χ0) is 22.2. The zero-order valence-corrected chi connectivity index (χ0v) is 17.9. The van der Waals surface area contributed by atoms with E-state index >= 15 is 0 Å². The number of alkyl halides is 3. The van der Waals surface area contributed by atoms with Gasteiger partial charge in [-0.2, -0.15) is 21.6 Å². The zero-order valence-electron chi connectivity index (χ0n) is 16.3. The number of halogens is 4. The number of aliphatic hydroxyl groups excluding tert-OH is 1. The highest BCUT2D eigenvalue weighted by molar-refractivity contribution is 7.87. The van der Waals surface area contributed by atoms with Gasteiger partial charge in [-0.15, -0.1) is 0 Å². The third-order valence-electron chi connectivity index (χ3n) is 4.61. The van der Waals surface area contributed by atoms with Gasteiger partial charge in [0.15, 0.2) is 5.79 Å². The first-order chi connectivity index (χ1) is 13.3. The lowest BCUT2D eigenvalue weighted by molar-refractivity contribution is -0.170. The van der Waals surface area contributed by atoms with E-state index in [9.17, 15) is 26.7 Å². The van der Waals surface area contributed by atoms with E-state index in [2.05, 4.69) is 4.18 Å². The van der Waals surface area contributed by atoms with Gasteiger partial charge in [0.25, 0.3) is 0 Å². The molecule has 2 fully saturated rings. The summed E-state index contributed by atoms with van der Waals surface area (Å²) in [5, 5.41) is 11.2. The third-order valence-corrected chi connectivity index (χ3v) is 5.93. The van der Waals surface area contributed by atoms with Crippen molar-refractivity contribution in [3.05, 3.63) is 34.9 Å². The highest BCUT2D eigenvalue weighted by Crippen LogP contribution is 2.48. The topological polar surface area (TPSA) is 82.1 Å². The lowest BCUT2D eigenvalue weighted by Crippen LogP contribution is -2.36. The van der Waals surface area contributed by atoms with Crippen LogP contribution >= 0.6 is 11.6 Å². The van der Waals surface area contributed by atoms with Gasteiger partial charge in [0.05, 0.1) is 12.2 Å². The normalized spacial score (nSPS) is 29.7. The Hall–Kier alpha value is -0.910. The Labute approximate surface area is 173 Å². The molecule has 5 unspecified atom stereocenters. The summed E-state index contributed by atoms with van der Waals surface area (Å²) in [7, 11) is -5.81. The maximum Gasteiger partial charge on any atom is 0.523 e. The minimum absolute atomic E-state index is 0.190. The Balaban J connectivity index is 0.00000145. The average Bonchev–Trinajstić information content (AvgIpc) is 3.09. The quantitative estimate of drug-likeness (QED) is 0.536. The summed E-state index contributed by atoms with van der Waals surface area (Å²) in [6.45, 7) is 7.10. The molecule has 166 valence electrons. The summed E-state index contributed by atoms with van der Waals surface area (Å²) in [5.74, 6) is -1.89. The molecule has 6 nitrogen and oxygen atoms in total. The van der Waals surface area contributed by atoms with E-state index in [1.807, 2.05) is 13.8 Å². The molecule has 0 amide bonds. The predicted molar refractivity (Wildman–Crippen MR) is 99.5 cm³/mol. The number of hydrogen-bond acceptors (Lipinski definition) is 6. The average molecular weight is 461 g/mol. The molecular formula is C18H24ClF3O6S. The van der Waals surface area contributed by atoms with Gasteiger partial charge < -0.3 is 14.6 Å². The van der Waals surface area contributed by atoms with Crippen molar-refractivity contribution >= 4 is 21.7 Å². The smallest absolute Gasteiger partial charge is 0.388 e. The van der Waals surface area contributed by atoms with Crippen molar-refractivity contribution in [3.8, 4) is 0 Å². The van der Waals surface area contributed by atoms with Crippen molar-refractivity contribution in [1.29, 1.82) is 0 Å². The van der Waals surface area contributed by atoms with Gasteiger partial charge in [-0.05, 0) is 38.0 Å². The van der Waals surface area contributed by atoms with E-state index < -0.39 is 51.7 Å². The minimum Gasteiger partial charge on any atom is -0.388 e. The fourth-order valence-electron chi connectivity index (χ4n) is 3.50. The molecule has 0 aromatic heterocycles. The van der Waals surface area contributed by atoms with E-state index in [1.165, 1.54) is 0 Å². The number of fused-ring (bicyclic) bond motifs is 1. The maximum absolute atomic E-state index is 12.7. The van der Waals surface area contributed by atoms with Crippen molar-refractivity contribution in [2.75, 3.05) is 0 Å². The molecule has 5 atom stereocenters. The fourth-order valence-corrected chi connectivity index (χ4v) is 4.25. The molecule has 3 rings (SSSR count). The van der Waals surface area contributed by atoms with Gasteiger partial charge >= 0.3 is 15.6 Å². The summed E-state index contributed by atoms with van der Waals surface area (Å²) >= 11 is 5.82. The van der Waals surface area contributed by atoms with Crippen molar-refractivity contribution in [2.24, 2.45) is 5.92 Å². The SMILES string of the molecule is CC.CC1(C)OC2C(OS(=O)(=O)C(F)(F)F)CC(C(O)c3ccc(Cl)cc3)C2O1. The lowest BCUT2D eigenvalue weighted by atomic mass is 9.92. The molecule has 1 saturated carbocycles. The molecular weight excluding hydrogens is 437 g/mol. The predicted octanol–water partition coefficient (Wildman–Crippen LogP) is 4.17. The second kappa shape index (κ2) is 8.68. The Bertz CT molecular complexity index is 797. The second-order valence-corrected chi connectivity index (χ2v) is 9.00. The first-order valence-corrected chi connectivity index (χ1v) is 10.9. The van der Waals surface area contributed by atoms with Gasteiger partial charge in [-0.1, -0.05) is 37.6 Å². The molecule has 2 aliphatic rings. The van der Waals surface area contributed by atoms with Gasteiger partial charge in [-0.25, -0.2) is 0 Å². The Kier molecular flexibility index (Phi) is 7.29. The largest absolute Gasteiger partial charge is 0.523 e. The Morgan fingerprint density at radius 3 is 2.21 bits per heavy atom. The number of benzene rings is 1. The van der Waals surface area contributed by atoms with E-state index in [4.69, 9.17) is 21.1 Å². The summed E-state index contributed by atoms with van der Waals surface area (Å²) in [6.07, 6.45) is -4.65. The summed E-state index contributed by atoms with van der Waals surface area (Å²) in [6, 6.07) is 6.27. The lowest BCUT2D eigenvalue weighted by Gasteiger charge is -2.26. The van der Waals surface area contributed by atoms with Crippen LogP contribution in [0, 0.1) is 5.92 Å². The third kappa shape index (κ3) is 5.23. The van der Waals surface area contributed by atoms with Crippen LogP contribution in [0.15, 0.2) is 24.3 Å². The molecule has 1 N–H and O–H groups in total. The van der Waals surface area contributed by atoms with Crippen LogP contribution in [0.2, 0.25) is 5.02 Å². The van der Waals surface area contributed by atoms with E-state index in [-0.39, 0.29) is 6.42 Å². The van der Waals surface area contributed by atoms with Crippen LogP contribution in [0.5, 0.6) is 0 Å². The Morgan fingerprint density at radius 2 is 1.69 bits per heavy atom. The molecule has 1 aromatic carbocycles. The van der Waals surface area contributed by atoms with Gasteiger partial charge in [0, 0.05) is 10.9 Å². The molecule has 1 aliphatic carbocycles. The van der Waals surface area contributed by atoms with Gasteiger partial charge in [0.1, 0.15) is 12.2 Å². The molecule has 11 heteroatoms. The van der Waals surface area contributed by atoms with Gasteiger partial charge in [0.2, 0.25) is 0 Å². The molecule has 0 spiro atoms. The summed E-state index contributed by atoms with van der Waals surface area (Å²) in [4.78, 5) is 0. The second-order valence-electron chi connectivity index (χ2n) is 7.00. The summed E-state index contributed by atoms with van der Waals surface area (Å²) < 4.78 is 76.6. The highest BCUT2D eigenvalue weighted by atomic mass is 35.5. The van der Waals surface area contributed by atoms with Crippen LogP contribution in [0.3, 0.4) is 0 Å². The van der Waals surface area contributed by atoms with Crippen LogP contribution in [-0.2, 0) is 23.8 Å². The maximum atomic E-state index is 12.7. The van der Waals surface area contributed by atoms with Gasteiger partial charge in [-0.3, -0.25) is 4.18 Å². The molecule has 1 heterocycles. The van der Waals surface area contributed by atoms with E-state index in [1.54, 1.807) is 38.1 Å². The highest BCUT2D eigenvalue weighted by Gasteiger charge is 2.59. The van der Waals surface area contributed by atoms with Crippen molar-refractivity contribution in [1.82, 2.24) is 0 Å². The summed E-state index contributed by atoms with van der Waals surface area (Å²) in [5.41, 5.74) is -5.08.